The van der Waals surface area contributed by atoms with Gasteiger partial charge in [-0.2, -0.15) is 0 Å². The van der Waals surface area contributed by atoms with Gasteiger partial charge in [-0.15, -0.1) is 0 Å². The van der Waals surface area contributed by atoms with Gasteiger partial charge < -0.3 is 9.47 Å². The summed E-state index contributed by atoms with van der Waals surface area (Å²) in [6.07, 6.45) is 0. The van der Waals surface area contributed by atoms with Crippen LogP contribution < -0.4 is 0 Å². The summed E-state index contributed by atoms with van der Waals surface area (Å²) < 4.78 is 9.48. The van der Waals surface area contributed by atoms with E-state index in [4.69, 9.17) is 4.74 Å². The van der Waals surface area contributed by atoms with Crippen LogP contribution in [-0.2, 0) is 9.47 Å². The molecule has 3 nitrogen and oxygen atoms in total. The van der Waals surface area contributed by atoms with Gasteiger partial charge in [0, 0.05) is 19.8 Å². The first-order valence-electron chi connectivity index (χ1n) is 6.19. The van der Waals surface area contributed by atoms with Crippen LogP contribution >= 0.6 is 0 Å². The molecule has 0 spiro atoms. The average molecular weight is 268 g/mol. The second-order valence-electron chi connectivity index (χ2n) is 4.31. The predicted octanol–water partition coefficient (Wildman–Crippen LogP) is 3.76. The summed E-state index contributed by atoms with van der Waals surface area (Å²) in [6.45, 7) is 3.81. The average Bonchev–Trinajstić information content (AvgIpc) is 2.57. The van der Waals surface area contributed by atoms with Crippen LogP contribution in [0.2, 0.25) is 0 Å². The molecule has 0 bridgehead atoms. The molecule has 0 N–H and O–H groups in total. The molecule has 0 saturated carbocycles. The van der Waals surface area contributed by atoms with Crippen LogP contribution in [0.15, 0.2) is 55.1 Å². The minimum Gasteiger partial charge on any atom is -0.423 e. The molecular formula is C17H16O3. The van der Waals surface area contributed by atoms with Crippen molar-refractivity contribution in [3.63, 3.8) is 0 Å². The minimum atomic E-state index is -0.346. The van der Waals surface area contributed by atoms with Gasteiger partial charge >= 0.3 is 5.97 Å². The molecule has 1 aliphatic rings. The number of benzene rings is 2. The summed E-state index contributed by atoms with van der Waals surface area (Å²) in [4.78, 5) is 11.9. The zero-order chi connectivity index (χ0) is 14.5. The molecule has 3 heteroatoms. The predicted molar refractivity (Wildman–Crippen MR) is 79.3 cm³/mol. The van der Waals surface area contributed by atoms with E-state index in [1.54, 1.807) is 20.3 Å². The Bertz CT molecular complexity index is 589. The van der Waals surface area contributed by atoms with Crippen LogP contribution in [0.25, 0.3) is 16.9 Å². The molecule has 0 radical (unpaired) electrons. The molecule has 0 saturated heterocycles. The van der Waals surface area contributed by atoms with Crippen LogP contribution in [-0.4, -0.2) is 20.2 Å². The highest BCUT2D eigenvalue weighted by Gasteiger charge is 2.22. The maximum absolute atomic E-state index is 11.9. The van der Waals surface area contributed by atoms with Crippen molar-refractivity contribution in [3.8, 4) is 11.1 Å². The van der Waals surface area contributed by atoms with Gasteiger partial charge in [-0.1, -0.05) is 49.0 Å². The quantitative estimate of drug-likeness (QED) is 0.682. The van der Waals surface area contributed by atoms with Crippen molar-refractivity contribution >= 4 is 11.7 Å². The standard InChI is InChI=1S/C15H10O2.C2H6O/c1-10-11-6-2-3-7-12(11)13-8-4-5-9-14(13)15(16)17-10;1-3-2/h2-9H,1H2;1-2H3. The van der Waals surface area contributed by atoms with Gasteiger partial charge in [0.05, 0.1) is 5.56 Å². The molecule has 2 aromatic rings. The van der Waals surface area contributed by atoms with E-state index < -0.39 is 0 Å². The smallest absolute Gasteiger partial charge is 0.344 e. The van der Waals surface area contributed by atoms with Gasteiger partial charge in [0.15, 0.2) is 0 Å². The van der Waals surface area contributed by atoms with Crippen LogP contribution in [0.4, 0.5) is 0 Å². The van der Waals surface area contributed by atoms with Crippen LogP contribution in [0.1, 0.15) is 15.9 Å². The van der Waals surface area contributed by atoms with Gasteiger partial charge in [0.25, 0.3) is 0 Å². The number of carbonyl (C=O) groups is 1. The topological polar surface area (TPSA) is 35.5 Å². The Balaban J connectivity index is 0.000000452. The van der Waals surface area contributed by atoms with E-state index in [0.717, 1.165) is 16.7 Å². The molecule has 2 aromatic carbocycles. The number of fused-ring (bicyclic) bond motifs is 3. The number of esters is 1. The molecule has 0 atom stereocenters. The van der Waals surface area contributed by atoms with Gasteiger partial charge in [0.1, 0.15) is 5.76 Å². The van der Waals surface area contributed by atoms with E-state index in [1.165, 1.54) is 0 Å². The Morgan fingerprint density at radius 3 is 1.80 bits per heavy atom. The minimum absolute atomic E-state index is 0.346. The fourth-order valence-electron chi connectivity index (χ4n) is 2.08. The molecule has 1 aliphatic heterocycles. The molecule has 0 aromatic heterocycles. The fourth-order valence-corrected chi connectivity index (χ4v) is 2.08. The van der Waals surface area contributed by atoms with Crippen LogP contribution in [0, 0.1) is 0 Å². The van der Waals surface area contributed by atoms with E-state index in [1.807, 2.05) is 42.5 Å². The van der Waals surface area contributed by atoms with Crippen molar-refractivity contribution in [1.82, 2.24) is 0 Å². The zero-order valence-corrected chi connectivity index (χ0v) is 11.6. The summed E-state index contributed by atoms with van der Waals surface area (Å²) in [6, 6.07) is 15.2. The molecule has 1 heterocycles. The fraction of sp³-hybridized carbons (Fsp3) is 0.118. The van der Waals surface area contributed by atoms with E-state index in [2.05, 4.69) is 11.3 Å². The Labute approximate surface area is 118 Å². The van der Waals surface area contributed by atoms with Crippen molar-refractivity contribution in [2.45, 2.75) is 0 Å². The van der Waals surface area contributed by atoms with Crippen LogP contribution in [0.5, 0.6) is 0 Å². The molecule has 20 heavy (non-hydrogen) atoms. The Morgan fingerprint density at radius 2 is 1.25 bits per heavy atom. The first kappa shape index (κ1) is 14.0. The van der Waals surface area contributed by atoms with Crippen molar-refractivity contribution in [2.24, 2.45) is 0 Å². The Hall–Kier alpha value is -2.39. The lowest BCUT2D eigenvalue weighted by Crippen LogP contribution is -2.01. The molecule has 0 amide bonds. The van der Waals surface area contributed by atoms with Gasteiger partial charge in [-0.25, -0.2) is 4.79 Å². The van der Waals surface area contributed by atoms with Crippen molar-refractivity contribution < 1.29 is 14.3 Å². The number of ether oxygens (including phenoxy) is 2. The third-order valence-electron chi connectivity index (χ3n) is 2.88. The number of rotatable bonds is 0. The summed E-state index contributed by atoms with van der Waals surface area (Å²) in [5.41, 5.74) is 3.33. The molecule has 0 aliphatic carbocycles. The monoisotopic (exact) mass is 268 g/mol. The molecular weight excluding hydrogens is 252 g/mol. The number of hydrogen-bond donors (Lipinski definition) is 0. The summed E-state index contributed by atoms with van der Waals surface area (Å²) in [7, 11) is 3.25. The molecule has 0 fully saturated rings. The number of cyclic esters (lactones) is 1. The largest absolute Gasteiger partial charge is 0.423 e. The lowest BCUT2D eigenvalue weighted by atomic mass is 9.96. The highest BCUT2D eigenvalue weighted by atomic mass is 16.5. The maximum atomic E-state index is 11.9. The summed E-state index contributed by atoms with van der Waals surface area (Å²) in [5.74, 6) is 0.0589. The van der Waals surface area contributed by atoms with Crippen molar-refractivity contribution in [2.75, 3.05) is 14.2 Å². The van der Waals surface area contributed by atoms with E-state index in [0.29, 0.717) is 11.3 Å². The summed E-state index contributed by atoms with van der Waals surface area (Å²) >= 11 is 0. The lowest BCUT2D eigenvalue weighted by molar-refractivity contribution is 0.0695. The highest BCUT2D eigenvalue weighted by molar-refractivity contribution is 6.03. The van der Waals surface area contributed by atoms with Gasteiger partial charge in [-0.05, 0) is 17.2 Å². The van der Waals surface area contributed by atoms with Gasteiger partial charge in [-0.3, -0.25) is 0 Å². The van der Waals surface area contributed by atoms with E-state index in [-0.39, 0.29) is 5.97 Å². The summed E-state index contributed by atoms with van der Waals surface area (Å²) in [5, 5.41) is 0. The number of hydrogen-bond acceptors (Lipinski definition) is 3. The van der Waals surface area contributed by atoms with E-state index in [9.17, 15) is 4.79 Å². The maximum Gasteiger partial charge on any atom is 0.344 e. The normalized spacial score (nSPS) is 12.3. The lowest BCUT2D eigenvalue weighted by Gasteiger charge is -2.06. The van der Waals surface area contributed by atoms with Crippen LogP contribution in [0.3, 0.4) is 0 Å². The van der Waals surface area contributed by atoms with Crippen molar-refractivity contribution in [1.29, 1.82) is 0 Å². The van der Waals surface area contributed by atoms with E-state index >= 15 is 0 Å². The Morgan fingerprint density at radius 1 is 0.850 bits per heavy atom. The highest BCUT2D eigenvalue weighted by Crippen LogP contribution is 2.35. The Kier molecular flexibility index (Phi) is 4.33. The number of carbonyl (C=O) groups excluding carboxylic acids is 1. The molecule has 3 rings (SSSR count). The SMILES string of the molecule is C=C1OC(=O)c2ccccc2-c2ccccc21.COC. The van der Waals surface area contributed by atoms with Gasteiger partial charge in [0.2, 0.25) is 0 Å². The zero-order valence-electron chi connectivity index (χ0n) is 11.6. The second kappa shape index (κ2) is 6.17. The molecule has 102 valence electrons. The third-order valence-corrected chi connectivity index (χ3v) is 2.88. The molecule has 0 unspecified atom stereocenters. The third kappa shape index (κ3) is 2.63. The first-order chi connectivity index (χ1) is 9.69. The first-order valence-corrected chi connectivity index (χ1v) is 6.19. The van der Waals surface area contributed by atoms with Crippen molar-refractivity contribution in [3.05, 3.63) is 66.2 Å². The second-order valence-corrected chi connectivity index (χ2v) is 4.31. The number of methoxy groups -OCH3 is 1.